The predicted molar refractivity (Wildman–Crippen MR) is 53.5 cm³/mol. The lowest BCUT2D eigenvalue weighted by Crippen LogP contribution is -1.92. The Balaban J connectivity index is 2.03. The third-order valence-corrected chi connectivity index (χ3v) is 1.65. The Morgan fingerprint density at radius 1 is 1.40 bits per heavy atom. The van der Waals surface area contributed by atoms with Crippen molar-refractivity contribution in [2.24, 2.45) is 5.10 Å². The van der Waals surface area contributed by atoms with E-state index in [1.165, 1.54) is 6.21 Å². The molecule has 0 aliphatic heterocycles. The predicted octanol–water partition coefficient (Wildman–Crippen LogP) is 0.351. The van der Waals surface area contributed by atoms with Crippen molar-refractivity contribution in [2.75, 3.05) is 5.43 Å². The van der Waals surface area contributed by atoms with Crippen LogP contribution in [0, 0.1) is 0 Å². The summed E-state index contributed by atoms with van der Waals surface area (Å²) in [5, 5.41) is 26.1. The van der Waals surface area contributed by atoms with Crippen molar-refractivity contribution >= 4 is 12.2 Å². The molecule has 2 rings (SSSR count). The lowest BCUT2D eigenvalue weighted by molar-refractivity contribution is 0.474. The van der Waals surface area contributed by atoms with Gasteiger partial charge in [-0.3, -0.25) is 0 Å². The van der Waals surface area contributed by atoms with Crippen LogP contribution in [-0.2, 0) is 0 Å². The smallest absolute Gasteiger partial charge is 0.283 e. The highest BCUT2D eigenvalue weighted by Gasteiger charge is 1.95. The second-order valence-corrected chi connectivity index (χ2v) is 2.66. The number of hydrazone groups is 1. The molecule has 0 spiro atoms. The van der Waals surface area contributed by atoms with E-state index < -0.39 is 0 Å². The Kier molecular flexibility index (Phi) is 2.54. The molecular formula is C8H8N6O. The fourth-order valence-corrected chi connectivity index (χ4v) is 0.965. The number of benzene rings is 1. The van der Waals surface area contributed by atoms with E-state index in [0.29, 0.717) is 5.56 Å². The average Bonchev–Trinajstić information content (AvgIpc) is 2.74. The highest BCUT2D eigenvalue weighted by atomic mass is 16.3. The molecule has 0 saturated carbocycles. The van der Waals surface area contributed by atoms with E-state index >= 15 is 0 Å². The number of nitrogens with zero attached hydrogens (tertiary/aromatic N) is 4. The summed E-state index contributed by atoms with van der Waals surface area (Å²) in [6.45, 7) is 0. The molecule has 2 aromatic rings. The fraction of sp³-hybridized carbons (Fsp3) is 0. The summed E-state index contributed by atoms with van der Waals surface area (Å²) in [6.07, 6.45) is 1.46. The molecule has 0 saturated heterocycles. The number of para-hydroxylation sites is 1. The Hall–Kier alpha value is -2.44. The molecule has 0 atom stereocenters. The molecule has 0 radical (unpaired) electrons. The van der Waals surface area contributed by atoms with Crippen molar-refractivity contribution in [3.8, 4) is 5.75 Å². The number of nitrogens with one attached hydrogen (secondary N) is 2. The number of hydrogen-bond donors (Lipinski definition) is 3. The molecular weight excluding hydrogens is 196 g/mol. The van der Waals surface area contributed by atoms with Crippen LogP contribution in [0.2, 0.25) is 0 Å². The largest absolute Gasteiger partial charge is 0.507 e. The zero-order valence-electron chi connectivity index (χ0n) is 7.62. The van der Waals surface area contributed by atoms with E-state index in [1.807, 2.05) is 0 Å². The van der Waals surface area contributed by atoms with Crippen LogP contribution in [0.15, 0.2) is 29.4 Å². The Bertz CT molecular complexity index is 452. The van der Waals surface area contributed by atoms with Gasteiger partial charge in [0.1, 0.15) is 5.75 Å². The van der Waals surface area contributed by atoms with Crippen LogP contribution >= 0.6 is 0 Å². The van der Waals surface area contributed by atoms with Gasteiger partial charge in [-0.25, -0.2) is 5.43 Å². The second kappa shape index (κ2) is 4.18. The maximum absolute atomic E-state index is 9.40. The van der Waals surface area contributed by atoms with Gasteiger partial charge in [0.05, 0.1) is 6.21 Å². The highest BCUT2D eigenvalue weighted by Crippen LogP contribution is 2.12. The topological polar surface area (TPSA) is 99.1 Å². The van der Waals surface area contributed by atoms with Crippen molar-refractivity contribution < 1.29 is 5.11 Å². The summed E-state index contributed by atoms with van der Waals surface area (Å²) in [4.78, 5) is 0. The van der Waals surface area contributed by atoms with Crippen molar-refractivity contribution in [1.29, 1.82) is 0 Å². The maximum Gasteiger partial charge on any atom is 0.283 e. The van der Waals surface area contributed by atoms with E-state index in [-0.39, 0.29) is 11.7 Å². The molecule has 1 aromatic heterocycles. The van der Waals surface area contributed by atoms with Gasteiger partial charge in [-0.05, 0) is 17.3 Å². The number of phenolic OH excluding ortho intramolecular Hbond substituents is 1. The number of aromatic amines is 1. The molecule has 0 bridgehead atoms. The molecule has 7 nitrogen and oxygen atoms in total. The Morgan fingerprint density at radius 3 is 3.00 bits per heavy atom. The van der Waals surface area contributed by atoms with Crippen molar-refractivity contribution in [3.63, 3.8) is 0 Å². The van der Waals surface area contributed by atoms with Crippen LogP contribution in [0.1, 0.15) is 5.56 Å². The Labute approximate surface area is 84.8 Å². The third-order valence-electron chi connectivity index (χ3n) is 1.65. The molecule has 15 heavy (non-hydrogen) atoms. The SMILES string of the molecule is Oc1ccccc1/C=N/Nc1nn[nH]n1. The summed E-state index contributed by atoms with van der Waals surface area (Å²) in [5.74, 6) is 0.429. The van der Waals surface area contributed by atoms with Crippen LogP contribution in [0.25, 0.3) is 0 Å². The van der Waals surface area contributed by atoms with Gasteiger partial charge in [0, 0.05) is 5.56 Å². The normalized spacial score (nSPS) is 10.7. The molecule has 1 aromatic carbocycles. The lowest BCUT2D eigenvalue weighted by atomic mass is 10.2. The van der Waals surface area contributed by atoms with Crippen LogP contribution in [0.5, 0.6) is 5.75 Å². The number of tetrazole rings is 1. The minimum Gasteiger partial charge on any atom is -0.507 e. The molecule has 76 valence electrons. The third kappa shape index (κ3) is 2.27. The minimum atomic E-state index is 0.163. The summed E-state index contributed by atoms with van der Waals surface area (Å²) >= 11 is 0. The van der Waals surface area contributed by atoms with Gasteiger partial charge in [-0.2, -0.15) is 10.3 Å². The number of aromatic hydroxyl groups is 1. The van der Waals surface area contributed by atoms with Crippen molar-refractivity contribution in [1.82, 2.24) is 20.6 Å². The molecule has 0 fully saturated rings. The molecule has 0 aliphatic rings. The summed E-state index contributed by atoms with van der Waals surface area (Å²) in [7, 11) is 0. The number of phenols is 1. The molecule has 0 aliphatic carbocycles. The monoisotopic (exact) mass is 204 g/mol. The van der Waals surface area contributed by atoms with Crippen LogP contribution in [-0.4, -0.2) is 31.9 Å². The lowest BCUT2D eigenvalue weighted by Gasteiger charge is -1.96. The van der Waals surface area contributed by atoms with E-state index in [1.54, 1.807) is 24.3 Å². The zero-order chi connectivity index (χ0) is 10.5. The van der Waals surface area contributed by atoms with Crippen molar-refractivity contribution in [3.05, 3.63) is 29.8 Å². The Morgan fingerprint density at radius 2 is 2.27 bits per heavy atom. The summed E-state index contributed by atoms with van der Waals surface area (Å²) < 4.78 is 0. The first-order valence-corrected chi connectivity index (χ1v) is 4.17. The number of H-pyrrole nitrogens is 1. The first kappa shape index (κ1) is 9.13. The van der Waals surface area contributed by atoms with E-state index in [2.05, 4.69) is 31.2 Å². The van der Waals surface area contributed by atoms with Crippen molar-refractivity contribution in [2.45, 2.75) is 0 Å². The highest BCUT2D eigenvalue weighted by molar-refractivity contribution is 5.83. The summed E-state index contributed by atoms with van der Waals surface area (Å²) in [6, 6.07) is 6.85. The van der Waals surface area contributed by atoms with Gasteiger partial charge < -0.3 is 5.11 Å². The number of anilines is 1. The number of hydrogen-bond acceptors (Lipinski definition) is 6. The quantitative estimate of drug-likeness (QED) is 0.495. The maximum atomic E-state index is 9.40. The molecule has 0 unspecified atom stereocenters. The van der Waals surface area contributed by atoms with E-state index in [0.717, 1.165) is 0 Å². The van der Waals surface area contributed by atoms with Gasteiger partial charge in [0.2, 0.25) is 0 Å². The molecule has 1 heterocycles. The zero-order valence-corrected chi connectivity index (χ0v) is 7.62. The minimum absolute atomic E-state index is 0.163. The standard InChI is InChI=1S/C8H8N6O/c15-7-4-2-1-3-6(7)5-9-10-8-11-13-14-12-8/h1-5,15H,(H2,10,11,12,13,14)/b9-5+. The fourth-order valence-electron chi connectivity index (χ4n) is 0.965. The van der Waals surface area contributed by atoms with E-state index in [9.17, 15) is 5.11 Å². The van der Waals surface area contributed by atoms with Crippen LogP contribution in [0.4, 0.5) is 5.95 Å². The molecule has 0 amide bonds. The molecule has 3 N–H and O–H groups in total. The van der Waals surface area contributed by atoms with Gasteiger partial charge in [-0.15, -0.1) is 5.10 Å². The van der Waals surface area contributed by atoms with Gasteiger partial charge in [0.15, 0.2) is 0 Å². The van der Waals surface area contributed by atoms with Gasteiger partial charge in [0.25, 0.3) is 5.95 Å². The van der Waals surface area contributed by atoms with Crippen LogP contribution in [0.3, 0.4) is 0 Å². The summed E-state index contributed by atoms with van der Waals surface area (Å²) in [5.41, 5.74) is 3.15. The number of aromatic nitrogens is 4. The first-order chi connectivity index (χ1) is 7.36. The van der Waals surface area contributed by atoms with Gasteiger partial charge in [-0.1, -0.05) is 17.2 Å². The first-order valence-electron chi connectivity index (χ1n) is 4.17. The second-order valence-electron chi connectivity index (χ2n) is 2.66. The average molecular weight is 204 g/mol. The molecule has 7 heteroatoms. The van der Waals surface area contributed by atoms with E-state index in [4.69, 9.17) is 0 Å². The van der Waals surface area contributed by atoms with Gasteiger partial charge >= 0.3 is 0 Å². The number of rotatable bonds is 3. The van der Waals surface area contributed by atoms with Crippen LogP contribution < -0.4 is 5.43 Å².